The Hall–Kier alpha value is -5.97. The molecule has 5 aliphatic rings. The van der Waals surface area contributed by atoms with Gasteiger partial charge in [0, 0.05) is 45.5 Å². The van der Waals surface area contributed by atoms with Crippen LogP contribution in [0, 0.1) is 17.8 Å². The molecule has 10 rings (SSSR count). The summed E-state index contributed by atoms with van der Waals surface area (Å²) < 4.78 is 46.7. The largest absolute Gasteiger partial charge is 0.374 e. The zero-order valence-corrected chi connectivity index (χ0v) is 34.9. The number of halogens is 2. The molecule has 4 atom stereocenters. The fourth-order valence-electron chi connectivity index (χ4n) is 10.2. The highest BCUT2D eigenvalue weighted by Gasteiger charge is 2.40. The van der Waals surface area contributed by atoms with Gasteiger partial charge in [-0.25, -0.2) is 23.1 Å². The molecular formula is C44H49F2N11O6. The highest BCUT2D eigenvalue weighted by molar-refractivity contribution is 6.08. The number of carbonyl (C=O) groups is 3. The summed E-state index contributed by atoms with van der Waals surface area (Å²) in [7, 11) is 1.66. The van der Waals surface area contributed by atoms with E-state index < -0.39 is 30.0 Å². The van der Waals surface area contributed by atoms with E-state index in [4.69, 9.17) is 14.5 Å². The van der Waals surface area contributed by atoms with E-state index in [9.17, 15) is 28.0 Å². The molecular weight excluding hydrogens is 817 g/mol. The monoisotopic (exact) mass is 865 g/mol. The summed E-state index contributed by atoms with van der Waals surface area (Å²) in [4.78, 5) is 60.5. The van der Waals surface area contributed by atoms with Gasteiger partial charge in [-0.1, -0.05) is 17.9 Å². The number of hydrogen-bond donors (Lipinski definition) is 2. The van der Waals surface area contributed by atoms with E-state index in [0.29, 0.717) is 34.8 Å². The molecule has 330 valence electrons. The highest BCUT2D eigenvalue weighted by Crippen LogP contribution is 2.36. The van der Waals surface area contributed by atoms with Crippen molar-refractivity contribution in [2.45, 2.75) is 94.5 Å². The molecule has 4 aliphatic heterocycles. The standard InChI is InChI=1S/C44H49F2N11O6/c1-52-39-27(5-2-8-34(39)57(44(52)61)35-13-14-37(58)50-43(35)60)6-4-18-62-30-7-3-16-53(22-30)21-26-9-11-28(12-10-26)56-24-33(38(51-56)40(45)46)48-42(59)32-20-47-55-17-15-36(49-41(32)55)54-23-31-19-29(54)25-63-31/h2,5,8,15,17,20,24,26,28-31,35,40H,3,7,9-14,16,18-19,21-23,25H2,1H3,(H,48,59)(H,50,58,60)/t26-,28-,29-,30+,31-,35?/m1/s1. The maximum Gasteiger partial charge on any atom is 0.329 e. The van der Waals surface area contributed by atoms with Crippen LogP contribution in [0.4, 0.5) is 20.3 Å². The Kier molecular flexibility index (Phi) is 11.1. The van der Waals surface area contributed by atoms with E-state index in [2.05, 4.69) is 42.5 Å². The SMILES string of the molecule is Cn1c(=O)n(C2CCC(=O)NC2=O)c2cccc(C#CCO[C@H]3CCCN(C[C@H]4CC[C@H](n5cc(NC(=O)c6cnn7ccc(N8C[C@H]9C[C@@H]8CO9)nc67)c(C(F)F)n5)CC4)C3)c21. The minimum absolute atomic E-state index is 0.0165. The van der Waals surface area contributed by atoms with Crippen LogP contribution >= 0.6 is 0 Å². The van der Waals surface area contributed by atoms with E-state index in [1.54, 1.807) is 30.1 Å². The first kappa shape index (κ1) is 41.1. The smallest absolute Gasteiger partial charge is 0.329 e. The van der Waals surface area contributed by atoms with Crippen molar-refractivity contribution in [3.63, 3.8) is 0 Å². The summed E-state index contributed by atoms with van der Waals surface area (Å²) in [6, 6.07) is 6.70. The van der Waals surface area contributed by atoms with Crippen LogP contribution in [0.1, 0.15) is 97.9 Å². The number of morpholine rings is 1. The lowest BCUT2D eigenvalue weighted by Crippen LogP contribution is -2.44. The average molecular weight is 866 g/mol. The molecule has 0 radical (unpaired) electrons. The van der Waals surface area contributed by atoms with E-state index in [1.165, 1.54) is 26.0 Å². The number of hydrogen-bond acceptors (Lipinski definition) is 11. The number of alkyl halides is 2. The third-order valence-electron chi connectivity index (χ3n) is 13.4. The first-order valence-electron chi connectivity index (χ1n) is 21.9. The van der Waals surface area contributed by atoms with Gasteiger partial charge in [0.1, 0.15) is 24.0 Å². The Bertz CT molecular complexity index is 2710. The van der Waals surface area contributed by atoms with Crippen molar-refractivity contribution in [3.8, 4) is 11.8 Å². The van der Waals surface area contributed by atoms with Gasteiger partial charge in [0.2, 0.25) is 11.8 Å². The molecule has 1 saturated carbocycles. The van der Waals surface area contributed by atoms with Crippen LogP contribution in [-0.4, -0.2) is 114 Å². The van der Waals surface area contributed by atoms with Gasteiger partial charge in [0.15, 0.2) is 11.3 Å². The second kappa shape index (κ2) is 17.0. The van der Waals surface area contributed by atoms with Crippen molar-refractivity contribution in [1.29, 1.82) is 0 Å². The van der Waals surface area contributed by atoms with E-state index in [-0.39, 0.29) is 66.6 Å². The molecule has 1 aliphatic carbocycles. The van der Waals surface area contributed by atoms with Crippen molar-refractivity contribution >= 4 is 45.9 Å². The summed E-state index contributed by atoms with van der Waals surface area (Å²) in [5.74, 6) is 6.08. The molecule has 63 heavy (non-hydrogen) atoms. The molecule has 1 aromatic carbocycles. The van der Waals surface area contributed by atoms with Gasteiger partial charge in [-0.3, -0.25) is 33.5 Å². The molecule has 5 fully saturated rings. The Labute approximate surface area is 360 Å². The summed E-state index contributed by atoms with van der Waals surface area (Å²) in [6.45, 7) is 4.28. The molecule has 8 heterocycles. The molecule has 3 amide bonds. The van der Waals surface area contributed by atoms with Crippen molar-refractivity contribution in [3.05, 3.63) is 70.2 Å². The number of carbonyl (C=O) groups excluding carboxylic acids is 3. The van der Waals surface area contributed by atoms with Crippen molar-refractivity contribution in [1.82, 2.24) is 43.7 Å². The van der Waals surface area contributed by atoms with Crippen molar-refractivity contribution in [2.24, 2.45) is 13.0 Å². The zero-order valence-electron chi connectivity index (χ0n) is 34.9. The van der Waals surface area contributed by atoms with Crippen LogP contribution in [-0.2, 0) is 26.1 Å². The van der Waals surface area contributed by atoms with Gasteiger partial charge in [0.05, 0.1) is 59.4 Å². The number of aromatic nitrogens is 7. The maximum absolute atomic E-state index is 14.3. The Morgan fingerprint density at radius 3 is 2.71 bits per heavy atom. The van der Waals surface area contributed by atoms with Crippen LogP contribution in [0.2, 0.25) is 0 Å². The lowest BCUT2D eigenvalue weighted by Gasteiger charge is -2.37. The lowest BCUT2D eigenvalue weighted by molar-refractivity contribution is -0.135. The number of anilines is 2. The maximum atomic E-state index is 14.3. The minimum Gasteiger partial charge on any atom is -0.374 e. The predicted octanol–water partition coefficient (Wildman–Crippen LogP) is 3.99. The molecule has 17 nitrogen and oxygen atoms in total. The second-order valence-electron chi connectivity index (χ2n) is 17.4. The number of piperidine rings is 2. The molecule has 4 saturated heterocycles. The quantitative estimate of drug-likeness (QED) is 0.154. The van der Waals surface area contributed by atoms with Gasteiger partial charge in [0.25, 0.3) is 12.3 Å². The number of nitrogens with one attached hydrogen (secondary N) is 2. The Balaban J connectivity index is 0.726. The number of nitrogens with zero attached hydrogens (tertiary/aromatic N) is 9. The highest BCUT2D eigenvalue weighted by atomic mass is 19.3. The van der Waals surface area contributed by atoms with Crippen LogP contribution in [0.15, 0.2) is 47.7 Å². The van der Waals surface area contributed by atoms with E-state index >= 15 is 0 Å². The number of amides is 3. The Morgan fingerprint density at radius 2 is 1.94 bits per heavy atom. The van der Waals surface area contributed by atoms with Crippen molar-refractivity contribution < 1.29 is 32.6 Å². The topological polar surface area (TPSA) is 175 Å². The number of fused-ring (bicyclic) bond motifs is 4. The lowest BCUT2D eigenvalue weighted by atomic mass is 9.85. The predicted molar refractivity (Wildman–Crippen MR) is 226 cm³/mol. The number of likely N-dealkylation sites (tertiary alicyclic amines) is 1. The van der Waals surface area contributed by atoms with Gasteiger partial charge >= 0.3 is 5.69 Å². The van der Waals surface area contributed by atoms with E-state index in [1.807, 2.05) is 12.1 Å². The molecule has 1 unspecified atom stereocenters. The zero-order chi connectivity index (χ0) is 43.4. The molecule has 2 bridgehead atoms. The summed E-state index contributed by atoms with van der Waals surface area (Å²) in [5.41, 5.74) is 1.58. The van der Waals surface area contributed by atoms with Gasteiger partial charge in [-0.2, -0.15) is 10.2 Å². The van der Waals surface area contributed by atoms with E-state index in [0.717, 1.165) is 76.9 Å². The fourth-order valence-corrected chi connectivity index (χ4v) is 10.2. The normalized spacial score (nSPS) is 25.2. The Morgan fingerprint density at radius 1 is 1.08 bits per heavy atom. The number of imide groups is 1. The van der Waals surface area contributed by atoms with Crippen molar-refractivity contribution in [2.75, 3.05) is 49.6 Å². The van der Waals surface area contributed by atoms with Crippen LogP contribution in [0.3, 0.4) is 0 Å². The number of rotatable bonds is 10. The van der Waals surface area contributed by atoms with Crippen LogP contribution < -0.4 is 21.2 Å². The molecule has 2 N–H and O–H groups in total. The summed E-state index contributed by atoms with van der Waals surface area (Å²) in [6.07, 6.45) is 8.72. The van der Waals surface area contributed by atoms with Crippen LogP contribution in [0.5, 0.6) is 0 Å². The second-order valence-corrected chi connectivity index (χ2v) is 17.4. The van der Waals surface area contributed by atoms with Crippen LogP contribution in [0.25, 0.3) is 16.7 Å². The minimum atomic E-state index is -2.87. The number of ether oxygens (including phenoxy) is 2. The summed E-state index contributed by atoms with van der Waals surface area (Å²) in [5, 5.41) is 13.6. The number of imidazole rings is 1. The molecule has 4 aromatic heterocycles. The third kappa shape index (κ3) is 8.00. The first-order chi connectivity index (χ1) is 30.6. The molecule has 19 heteroatoms. The number of aryl methyl sites for hydroxylation is 1. The fraction of sp³-hybridized carbons (Fsp3) is 0.523. The van der Waals surface area contributed by atoms with Gasteiger partial charge in [-0.15, -0.1) is 0 Å². The molecule has 0 spiro atoms. The molecule has 5 aromatic rings. The number of benzene rings is 1. The van der Waals surface area contributed by atoms with Gasteiger partial charge in [-0.05, 0) is 82.0 Å². The summed E-state index contributed by atoms with van der Waals surface area (Å²) >= 11 is 0. The third-order valence-corrected chi connectivity index (χ3v) is 13.4. The number of para-hydroxylation sites is 1. The van der Waals surface area contributed by atoms with Gasteiger partial charge < -0.3 is 24.6 Å². The first-order valence-corrected chi connectivity index (χ1v) is 21.9. The average Bonchev–Trinajstić information content (AvgIpc) is 4.13.